The average Bonchev–Trinajstić information content (AvgIpc) is 2.88. The van der Waals surface area contributed by atoms with Crippen molar-refractivity contribution >= 4 is 16.7 Å². The number of hydrogen-bond acceptors (Lipinski definition) is 4. The molecule has 1 aliphatic heterocycles. The van der Waals surface area contributed by atoms with Gasteiger partial charge in [0.25, 0.3) is 5.56 Å². The Labute approximate surface area is 198 Å². The van der Waals surface area contributed by atoms with Crippen LogP contribution in [-0.4, -0.2) is 38.7 Å². The van der Waals surface area contributed by atoms with Crippen LogP contribution in [0.1, 0.15) is 29.7 Å². The Kier molecular flexibility index (Phi) is 6.47. The minimum Gasteiger partial charge on any atom is -0.341 e. The van der Waals surface area contributed by atoms with Crippen molar-refractivity contribution in [2.75, 3.05) is 13.1 Å². The third-order valence-corrected chi connectivity index (χ3v) is 6.68. The van der Waals surface area contributed by atoms with E-state index in [0.717, 1.165) is 49.0 Å². The number of pyridine rings is 1. The van der Waals surface area contributed by atoms with Crippen LogP contribution in [0.4, 0.5) is 0 Å². The summed E-state index contributed by atoms with van der Waals surface area (Å²) in [5.41, 5.74) is 2.97. The molecule has 3 heterocycles. The maximum atomic E-state index is 13.1. The number of rotatable bonds is 6. The highest BCUT2D eigenvalue weighted by Gasteiger charge is 2.24. The lowest BCUT2D eigenvalue weighted by atomic mass is 9.90. The van der Waals surface area contributed by atoms with Crippen molar-refractivity contribution in [1.29, 1.82) is 0 Å². The van der Waals surface area contributed by atoms with Crippen LogP contribution in [0.2, 0.25) is 0 Å². The van der Waals surface area contributed by atoms with E-state index in [1.54, 1.807) is 12.4 Å². The molecule has 1 fully saturated rings. The summed E-state index contributed by atoms with van der Waals surface area (Å²) >= 11 is 0. The number of carbonyl (C=O) groups is 1. The zero-order valence-electron chi connectivity index (χ0n) is 19.1. The fraction of sp³-hybridized carbons (Fsp3) is 0.286. The molecule has 2 aromatic carbocycles. The first kappa shape index (κ1) is 22.0. The van der Waals surface area contributed by atoms with Gasteiger partial charge in [0.1, 0.15) is 6.54 Å². The minimum absolute atomic E-state index is 0.0314. The van der Waals surface area contributed by atoms with Crippen LogP contribution >= 0.6 is 0 Å². The molecule has 6 nitrogen and oxygen atoms in total. The van der Waals surface area contributed by atoms with Crippen molar-refractivity contribution in [2.24, 2.45) is 5.92 Å². The van der Waals surface area contributed by atoms with Gasteiger partial charge in [-0.2, -0.15) is 5.10 Å². The summed E-state index contributed by atoms with van der Waals surface area (Å²) in [6.07, 6.45) is 7.08. The molecule has 0 aliphatic carbocycles. The van der Waals surface area contributed by atoms with Gasteiger partial charge in [0.15, 0.2) is 0 Å². The predicted octanol–water partition coefficient (Wildman–Crippen LogP) is 3.86. The van der Waals surface area contributed by atoms with Gasteiger partial charge in [0.2, 0.25) is 5.91 Å². The number of nitrogens with zero attached hydrogens (tertiary/aromatic N) is 4. The van der Waals surface area contributed by atoms with Crippen molar-refractivity contribution in [3.63, 3.8) is 0 Å². The van der Waals surface area contributed by atoms with Gasteiger partial charge in [-0.3, -0.25) is 14.6 Å². The van der Waals surface area contributed by atoms with E-state index in [9.17, 15) is 9.59 Å². The molecule has 0 saturated carbocycles. The molecule has 2 aromatic heterocycles. The highest BCUT2D eigenvalue weighted by molar-refractivity contribution is 5.84. The van der Waals surface area contributed by atoms with Gasteiger partial charge in [-0.05, 0) is 54.5 Å². The van der Waals surface area contributed by atoms with Gasteiger partial charge < -0.3 is 4.90 Å². The molecular weight excluding hydrogens is 424 g/mol. The number of amides is 1. The van der Waals surface area contributed by atoms with Crippen LogP contribution in [0.25, 0.3) is 10.8 Å². The number of likely N-dealkylation sites (tertiary alicyclic amines) is 1. The smallest absolute Gasteiger partial charge is 0.275 e. The fourth-order valence-corrected chi connectivity index (χ4v) is 4.80. The highest BCUT2D eigenvalue weighted by Crippen LogP contribution is 2.22. The summed E-state index contributed by atoms with van der Waals surface area (Å²) in [4.78, 5) is 32.2. The van der Waals surface area contributed by atoms with Gasteiger partial charge in [-0.15, -0.1) is 0 Å². The van der Waals surface area contributed by atoms with E-state index in [2.05, 4.69) is 34.3 Å². The molecule has 1 aliphatic rings. The van der Waals surface area contributed by atoms with Crippen molar-refractivity contribution in [2.45, 2.75) is 32.2 Å². The summed E-state index contributed by atoms with van der Waals surface area (Å²) in [6, 6.07) is 21.9. The van der Waals surface area contributed by atoms with E-state index >= 15 is 0 Å². The molecule has 0 bridgehead atoms. The quantitative estimate of drug-likeness (QED) is 0.446. The molecule has 1 saturated heterocycles. The Hall–Kier alpha value is -3.80. The van der Waals surface area contributed by atoms with E-state index in [1.807, 2.05) is 47.4 Å². The van der Waals surface area contributed by atoms with Crippen LogP contribution in [-0.2, 0) is 24.2 Å². The number of carbonyl (C=O) groups excluding carboxylic acids is 1. The molecule has 0 unspecified atom stereocenters. The van der Waals surface area contributed by atoms with Crippen molar-refractivity contribution < 1.29 is 4.79 Å². The second-order valence-electron chi connectivity index (χ2n) is 9.00. The van der Waals surface area contributed by atoms with E-state index in [0.29, 0.717) is 17.7 Å². The first-order chi connectivity index (χ1) is 16.7. The summed E-state index contributed by atoms with van der Waals surface area (Å²) < 4.78 is 1.34. The fourth-order valence-electron chi connectivity index (χ4n) is 4.80. The molecule has 0 radical (unpaired) electrons. The molecule has 1 amide bonds. The first-order valence-electron chi connectivity index (χ1n) is 11.9. The highest BCUT2D eigenvalue weighted by atomic mass is 16.2. The normalized spacial score (nSPS) is 14.4. The molecule has 0 N–H and O–H groups in total. The number of benzene rings is 2. The lowest BCUT2D eigenvalue weighted by molar-refractivity contribution is -0.133. The van der Waals surface area contributed by atoms with E-state index in [-0.39, 0.29) is 18.0 Å². The first-order valence-corrected chi connectivity index (χ1v) is 11.9. The Balaban J connectivity index is 1.31. The molecule has 0 atom stereocenters. The molecule has 6 heteroatoms. The van der Waals surface area contributed by atoms with Crippen LogP contribution in [0.3, 0.4) is 0 Å². The number of piperidine rings is 1. The maximum Gasteiger partial charge on any atom is 0.275 e. The van der Waals surface area contributed by atoms with Crippen LogP contribution in [0, 0.1) is 5.92 Å². The topological polar surface area (TPSA) is 68.1 Å². The zero-order valence-corrected chi connectivity index (χ0v) is 19.1. The number of fused-ring (bicyclic) bond motifs is 1. The van der Waals surface area contributed by atoms with Crippen LogP contribution < -0.4 is 5.56 Å². The summed E-state index contributed by atoms with van der Waals surface area (Å²) in [6.45, 7) is 1.42. The van der Waals surface area contributed by atoms with Crippen LogP contribution in [0.15, 0.2) is 83.9 Å². The van der Waals surface area contributed by atoms with Gasteiger partial charge >= 0.3 is 0 Å². The van der Waals surface area contributed by atoms with Crippen molar-refractivity contribution in [3.05, 3.63) is 106 Å². The summed E-state index contributed by atoms with van der Waals surface area (Å²) in [5.74, 6) is 0.540. The second-order valence-corrected chi connectivity index (χ2v) is 9.00. The lowest BCUT2D eigenvalue weighted by Gasteiger charge is -2.32. The standard InChI is InChI=1S/C28H28N4O2/c33-27(31-16-12-23(13-17-31)18-21-6-2-1-3-7-21)20-32-28(34)25-9-5-4-8-24(25)26(30-32)19-22-10-14-29-15-11-22/h1-11,14-15,23H,12-13,16-20H2. The van der Waals surface area contributed by atoms with E-state index in [1.165, 1.54) is 10.2 Å². The van der Waals surface area contributed by atoms with Gasteiger partial charge in [0, 0.05) is 37.3 Å². The van der Waals surface area contributed by atoms with E-state index in [4.69, 9.17) is 0 Å². The Morgan fingerprint density at radius 3 is 2.26 bits per heavy atom. The maximum absolute atomic E-state index is 13.1. The average molecular weight is 453 g/mol. The Morgan fingerprint density at radius 2 is 1.53 bits per heavy atom. The molecule has 0 spiro atoms. The third kappa shape index (κ3) is 4.91. The summed E-state index contributed by atoms with van der Waals surface area (Å²) in [5, 5.41) is 6.06. The Morgan fingerprint density at radius 1 is 0.853 bits per heavy atom. The zero-order chi connectivity index (χ0) is 23.3. The van der Waals surface area contributed by atoms with Gasteiger partial charge in [-0.1, -0.05) is 48.5 Å². The second kappa shape index (κ2) is 10.00. The molecule has 34 heavy (non-hydrogen) atoms. The van der Waals surface area contributed by atoms with Gasteiger partial charge in [0.05, 0.1) is 11.1 Å². The largest absolute Gasteiger partial charge is 0.341 e. The monoisotopic (exact) mass is 452 g/mol. The number of aromatic nitrogens is 3. The lowest BCUT2D eigenvalue weighted by Crippen LogP contribution is -2.42. The van der Waals surface area contributed by atoms with Gasteiger partial charge in [-0.25, -0.2) is 4.68 Å². The predicted molar refractivity (Wildman–Crippen MR) is 132 cm³/mol. The molecule has 4 aromatic rings. The molecular formula is C28H28N4O2. The molecule has 172 valence electrons. The SMILES string of the molecule is O=C(Cn1nc(Cc2ccncc2)c2ccccc2c1=O)N1CCC(Cc2ccccc2)CC1. The minimum atomic E-state index is -0.221. The van der Waals surface area contributed by atoms with E-state index < -0.39 is 0 Å². The van der Waals surface area contributed by atoms with Crippen molar-refractivity contribution in [1.82, 2.24) is 19.7 Å². The Bertz CT molecular complexity index is 1330. The van der Waals surface area contributed by atoms with Crippen molar-refractivity contribution in [3.8, 4) is 0 Å². The third-order valence-electron chi connectivity index (χ3n) is 6.68. The van der Waals surface area contributed by atoms with Crippen LogP contribution in [0.5, 0.6) is 0 Å². The number of hydrogen-bond donors (Lipinski definition) is 0. The molecule has 5 rings (SSSR count). The summed E-state index contributed by atoms with van der Waals surface area (Å²) in [7, 11) is 0.